The lowest BCUT2D eigenvalue weighted by Crippen LogP contribution is -2.32. The number of nitrogen functional groups attached to an aromatic ring is 1. The molecule has 1 aromatic rings. The molecule has 0 aromatic heterocycles. The maximum absolute atomic E-state index is 13.5. The van der Waals surface area contributed by atoms with Gasteiger partial charge >= 0.3 is 0 Å². The Labute approximate surface area is 114 Å². The second-order valence-corrected chi connectivity index (χ2v) is 6.43. The fraction of sp³-hybridized carbons (Fsp3) is 0.538. The molecule has 4 nitrogen and oxygen atoms in total. The highest BCUT2D eigenvalue weighted by Gasteiger charge is 2.24. The first-order chi connectivity index (χ1) is 8.84. The van der Waals surface area contributed by atoms with Crippen molar-refractivity contribution >= 4 is 15.7 Å². The van der Waals surface area contributed by atoms with Gasteiger partial charge in [-0.25, -0.2) is 12.8 Å². The zero-order valence-electron chi connectivity index (χ0n) is 11.6. The predicted molar refractivity (Wildman–Crippen MR) is 74.9 cm³/mol. The summed E-state index contributed by atoms with van der Waals surface area (Å²) in [6, 6.07) is 2.52. The third-order valence-corrected chi connectivity index (χ3v) is 4.96. The number of hydrogen-bond donors (Lipinski definition) is 1. The van der Waals surface area contributed by atoms with Gasteiger partial charge in [0.05, 0.1) is 10.6 Å². The molecule has 108 valence electrons. The second kappa shape index (κ2) is 6.34. The maximum Gasteiger partial charge on any atom is 0.243 e. The van der Waals surface area contributed by atoms with Crippen LogP contribution in [0.3, 0.4) is 0 Å². The van der Waals surface area contributed by atoms with Gasteiger partial charge in [-0.15, -0.1) is 0 Å². The van der Waals surface area contributed by atoms with Crippen LogP contribution in [0.5, 0.6) is 0 Å². The number of aryl methyl sites for hydroxylation is 1. The van der Waals surface area contributed by atoms with Crippen LogP contribution < -0.4 is 5.73 Å². The number of rotatable bonds is 6. The molecule has 19 heavy (non-hydrogen) atoms. The number of nitrogens with zero attached hydrogens (tertiary/aromatic N) is 1. The normalized spacial score (nSPS) is 12.1. The van der Waals surface area contributed by atoms with Crippen LogP contribution >= 0.6 is 0 Å². The summed E-state index contributed by atoms with van der Waals surface area (Å²) in [5.74, 6) is -0.560. The van der Waals surface area contributed by atoms with Gasteiger partial charge in [0, 0.05) is 13.1 Å². The minimum atomic E-state index is -3.60. The van der Waals surface area contributed by atoms with E-state index in [-0.39, 0.29) is 16.1 Å². The van der Waals surface area contributed by atoms with E-state index in [1.165, 1.54) is 23.4 Å². The molecule has 0 spiro atoms. The smallest absolute Gasteiger partial charge is 0.243 e. The molecule has 1 rings (SSSR count). The standard InChI is InChI=1S/C13H21FN2O2S/c1-4-6-7-16(5-2)19(17,18)11-8-10(3)13(14)12(15)9-11/h8-9H,4-7,15H2,1-3H3. The largest absolute Gasteiger partial charge is 0.396 e. The molecule has 0 aliphatic rings. The molecule has 0 saturated carbocycles. The second-order valence-electron chi connectivity index (χ2n) is 4.49. The van der Waals surface area contributed by atoms with Crippen LogP contribution in [0.25, 0.3) is 0 Å². The average Bonchev–Trinajstić information content (AvgIpc) is 2.36. The number of anilines is 1. The van der Waals surface area contributed by atoms with E-state index in [9.17, 15) is 12.8 Å². The molecule has 0 aliphatic carbocycles. The fourth-order valence-electron chi connectivity index (χ4n) is 1.84. The molecule has 0 atom stereocenters. The molecular formula is C13H21FN2O2S. The quantitative estimate of drug-likeness (QED) is 0.818. The lowest BCUT2D eigenvalue weighted by molar-refractivity contribution is 0.419. The zero-order valence-corrected chi connectivity index (χ0v) is 12.4. The highest BCUT2D eigenvalue weighted by Crippen LogP contribution is 2.23. The van der Waals surface area contributed by atoms with E-state index in [0.29, 0.717) is 13.1 Å². The minimum Gasteiger partial charge on any atom is -0.396 e. The summed E-state index contributed by atoms with van der Waals surface area (Å²) in [7, 11) is -3.60. The monoisotopic (exact) mass is 288 g/mol. The Morgan fingerprint density at radius 2 is 1.95 bits per heavy atom. The lowest BCUT2D eigenvalue weighted by atomic mass is 10.2. The first-order valence-electron chi connectivity index (χ1n) is 6.40. The molecule has 0 aliphatic heterocycles. The SMILES string of the molecule is CCCCN(CC)S(=O)(=O)c1cc(C)c(F)c(N)c1. The van der Waals surface area contributed by atoms with Crippen molar-refractivity contribution in [2.75, 3.05) is 18.8 Å². The first-order valence-corrected chi connectivity index (χ1v) is 7.84. The topological polar surface area (TPSA) is 63.4 Å². The highest BCUT2D eigenvalue weighted by atomic mass is 32.2. The van der Waals surface area contributed by atoms with E-state index < -0.39 is 15.8 Å². The van der Waals surface area contributed by atoms with Crippen molar-refractivity contribution in [1.82, 2.24) is 4.31 Å². The number of hydrogen-bond acceptors (Lipinski definition) is 3. The van der Waals surface area contributed by atoms with Gasteiger partial charge in [0.15, 0.2) is 0 Å². The van der Waals surface area contributed by atoms with Gasteiger partial charge in [-0.2, -0.15) is 4.31 Å². The van der Waals surface area contributed by atoms with Crippen LogP contribution in [-0.4, -0.2) is 25.8 Å². The Morgan fingerprint density at radius 3 is 2.42 bits per heavy atom. The molecule has 0 bridgehead atoms. The van der Waals surface area contributed by atoms with Crippen LogP contribution in [0.1, 0.15) is 32.3 Å². The van der Waals surface area contributed by atoms with E-state index in [4.69, 9.17) is 5.73 Å². The van der Waals surface area contributed by atoms with E-state index in [0.717, 1.165) is 12.8 Å². The summed E-state index contributed by atoms with van der Waals surface area (Å²) in [5.41, 5.74) is 5.61. The summed E-state index contributed by atoms with van der Waals surface area (Å²) in [4.78, 5) is 0.0573. The summed E-state index contributed by atoms with van der Waals surface area (Å²) in [6.45, 7) is 6.14. The van der Waals surface area contributed by atoms with Gasteiger partial charge in [-0.1, -0.05) is 20.3 Å². The van der Waals surface area contributed by atoms with Crippen molar-refractivity contribution in [3.63, 3.8) is 0 Å². The number of unbranched alkanes of at least 4 members (excludes halogenated alkanes) is 1. The summed E-state index contributed by atoms with van der Waals surface area (Å²) >= 11 is 0. The van der Waals surface area contributed by atoms with Gasteiger partial charge in [-0.05, 0) is 31.0 Å². The van der Waals surface area contributed by atoms with Gasteiger partial charge in [0.2, 0.25) is 10.0 Å². The van der Waals surface area contributed by atoms with Crippen LogP contribution in [0.2, 0.25) is 0 Å². The molecule has 0 amide bonds. The molecule has 2 N–H and O–H groups in total. The molecule has 0 heterocycles. The number of halogens is 1. The van der Waals surface area contributed by atoms with Crippen molar-refractivity contribution in [2.24, 2.45) is 0 Å². The van der Waals surface area contributed by atoms with Crippen LogP contribution in [-0.2, 0) is 10.0 Å². The summed E-state index contributed by atoms with van der Waals surface area (Å²) in [6.07, 6.45) is 1.71. The van der Waals surface area contributed by atoms with Crippen molar-refractivity contribution in [3.8, 4) is 0 Å². The zero-order chi connectivity index (χ0) is 14.6. The fourth-order valence-corrected chi connectivity index (χ4v) is 3.45. The molecule has 0 radical (unpaired) electrons. The molecule has 0 unspecified atom stereocenters. The Kier molecular flexibility index (Phi) is 5.31. The Morgan fingerprint density at radius 1 is 1.32 bits per heavy atom. The van der Waals surface area contributed by atoms with E-state index in [1.54, 1.807) is 6.92 Å². The Bertz CT molecular complexity index is 521. The first kappa shape index (κ1) is 15.9. The number of sulfonamides is 1. The molecular weight excluding hydrogens is 267 g/mol. The van der Waals surface area contributed by atoms with E-state index in [1.807, 2.05) is 6.92 Å². The molecule has 6 heteroatoms. The third-order valence-electron chi connectivity index (χ3n) is 3.01. The van der Waals surface area contributed by atoms with Crippen molar-refractivity contribution < 1.29 is 12.8 Å². The molecule has 0 fully saturated rings. The highest BCUT2D eigenvalue weighted by molar-refractivity contribution is 7.89. The Balaban J connectivity index is 3.18. The summed E-state index contributed by atoms with van der Waals surface area (Å²) in [5, 5.41) is 0. The van der Waals surface area contributed by atoms with Gasteiger partial charge in [0.1, 0.15) is 5.82 Å². The van der Waals surface area contributed by atoms with Crippen LogP contribution in [0.4, 0.5) is 10.1 Å². The van der Waals surface area contributed by atoms with E-state index in [2.05, 4.69) is 0 Å². The van der Waals surface area contributed by atoms with Crippen LogP contribution in [0.15, 0.2) is 17.0 Å². The molecule has 1 aromatic carbocycles. The number of nitrogens with two attached hydrogens (primary N) is 1. The van der Waals surface area contributed by atoms with E-state index >= 15 is 0 Å². The van der Waals surface area contributed by atoms with Crippen molar-refractivity contribution in [3.05, 3.63) is 23.5 Å². The maximum atomic E-state index is 13.5. The van der Waals surface area contributed by atoms with Crippen LogP contribution in [0, 0.1) is 12.7 Å². The van der Waals surface area contributed by atoms with Crippen molar-refractivity contribution in [2.45, 2.75) is 38.5 Å². The molecule has 0 saturated heterocycles. The van der Waals surface area contributed by atoms with Crippen molar-refractivity contribution in [1.29, 1.82) is 0 Å². The summed E-state index contributed by atoms with van der Waals surface area (Å²) < 4.78 is 39.7. The van der Waals surface area contributed by atoms with Gasteiger partial charge < -0.3 is 5.73 Å². The van der Waals surface area contributed by atoms with Gasteiger partial charge in [0.25, 0.3) is 0 Å². The lowest BCUT2D eigenvalue weighted by Gasteiger charge is -2.20. The number of benzene rings is 1. The third kappa shape index (κ3) is 3.45. The predicted octanol–water partition coefficient (Wildman–Crippen LogP) is 2.53. The average molecular weight is 288 g/mol. The minimum absolute atomic E-state index is 0.0573. The van der Waals surface area contributed by atoms with Gasteiger partial charge in [-0.3, -0.25) is 0 Å². The Hall–Kier alpha value is -1.14.